The van der Waals surface area contributed by atoms with Gasteiger partial charge in [0, 0.05) is 9.47 Å². The van der Waals surface area contributed by atoms with Gasteiger partial charge in [0.2, 0.25) is 0 Å². The lowest BCUT2D eigenvalue weighted by atomic mass is 10.2. The zero-order valence-corrected chi connectivity index (χ0v) is 8.26. The number of hydrogen-bond donors (Lipinski definition) is 3. The zero-order chi connectivity index (χ0) is 9.78. The summed E-state index contributed by atoms with van der Waals surface area (Å²) in [6, 6.07) is -1.12. The van der Waals surface area contributed by atoms with E-state index in [0.29, 0.717) is 0 Å². The fourth-order valence-corrected chi connectivity index (χ4v) is 1.50. The molecule has 0 rings (SSSR count). The molecule has 0 heterocycles. The third-order valence-electron chi connectivity index (χ3n) is 1.20. The molecule has 8 heteroatoms. The zero-order valence-electron chi connectivity index (χ0n) is 6.21. The largest absolute Gasteiger partial charge is 0.480 e. The molecule has 0 aromatic heterocycles. The van der Waals surface area contributed by atoms with Crippen LogP contribution in [-0.4, -0.2) is 28.2 Å². The number of carboxylic acid groups (broad SMARTS) is 1. The van der Waals surface area contributed by atoms with Crippen LogP contribution < -0.4 is 5.73 Å². The topological polar surface area (TPSA) is 110 Å². The molecule has 12 heavy (non-hydrogen) atoms. The minimum absolute atomic E-state index is 0.0858. The van der Waals surface area contributed by atoms with Crippen LogP contribution in [0.4, 0.5) is 0 Å². The minimum atomic E-state index is -3.65. The molecule has 0 aromatic rings. The van der Waals surface area contributed by atoms with Crippen molar-refractivity contribution in [1.29, 1.82) is 0 Å². The summed E-state index contributed by atoms with van der Waals surface area (Å²) in [5, 5.41) is 8.31. The predicted octanol–water partition coefficient (Wildman–Crippen LogP) is -0.220. The number of carboxylic acids is 1. The van der Waals surface area contributed by atoms with Crippen molar-refractivity contribution in [2.24, 2.45) is 5.73 Å². The van der Waals surface area contributed by atoms with Crippen molar-refractivity contribution in [1.82, 2.24) is 0 Å². The van der Waals surface area contributed by atoms with E-state index in [1.165, 1.54) is 0 Å². The third kappa shape index (κ3) is 4.80. The van der Waals surface area contributed by atoms with Crippen LogP contribution in [0, 0.1) is 0 Å². The first-order valence-electron chi connectivity index (χ1n) is 3.08. The number of nitrogens with two attached hydrogens (primary N) is 1. The number of rotatable bonds is 5. The summed E-state index contributed by atoms with van der Waals surface area (Å²) in [5.74, 6) is -1.20. The van der Waals surface area contributed by atoms with Gasteiger partial charge >= 0.3 is 13.6 Å². The molecule has 0 aromatic carbocycles. The Morgan fingerprint density at radius 3 is 2.58 bits per heavy atom. The molecule has 3 atom stereocenters. The summed E-state index contributed by atoms with van der Waals surface area (Å²) in [5.41, 5.74) is 5.08. The Labute approximate surface area is 71.9 Å². The van der Waals surface area contributed by atoms with E-state index in [1.54, 1.807) is 9.47 Å². The van der Waals surface area contributed by atoms with Crippen LogP contribution in [-0.2, 0) is 13.7 Å². The molecule has 0 aliphatic rings. The van der Waals surface area contributed by atoms with Crippen molar-refractivity contribution in [3.05, 3.63) is 0 Å². The summed E-state index contributed by atoms with van der Waals surface area (Å²) in [7, 11) is -1.99. The van der Waals surface area contributed by atoms with Gasteiger partial charge in [-0.2, -0.15) is 0 Å². The normalized spacial score (nSPS) is 18.2. The van der Waals surface area contributed by atoms with Crippen LogP contribution in [0.15, 0.2) is 0 Å². The van der Waals surface area contributed by atoms with Gasteiger partial charge in [-0.05, 0) is 6.42 Å². The highest BCUT2D eigenvalue weighted by molar-refractivity contribution is 7.56. The van der Waals surface area contributed by atoms with Crippen molar-refractivity contribution < 1.29 is 23.7 Å². The van der Waals surface area contributed by atoms with E-state index in [-0.39, 0.29) is 12.6 Å². The second-order valence-corrected chi connectivity index (χ2v) is 4.77. The Morgan fingerprint density at radius 2 is 2.25 bits per heavy atom. The molecule has 0 spiro atoms. The predicted molar refractivity (Wildman–Crippen MR) is 45.7 cm³/mol. The van der Waals surface area contributed by atoms with Crippen LogP contribution in [0.5, 0.6) is 0 Å². The molecular formula is C4H11NO5P2. The van der Waals surface area contributed by atoms with Crippen LogP contribution in [0.1, 0.15) is 6.42 Å². The van der Waals surface area contributed by atoms with Gasteiger partial charge in [-0.25, -0.2) is 0 Å². The van der Waals surface area contributed by atoms with Gasteiger partial charge in [0.15, 0.2) is 0 Å². The Kier molecular flexibility index (Phi) is 4.90. The first-order chi connectivity index (χ1) is 5.39. The third-order valence-corrected chi connectivity index (χ3v) is 3.35. The Hall–Kier alpha value is 0.0100. The van der Waals surface area contributed by atoms with Gasteiger partial charge in [-0.15, -0.1) is 0 Å². The minimum Gasteiger partial charge on any atom is -0.480 e. The number of carbonyl (C=O) groups is 1. The monoisotopic (exact) mass is 215 g/mol. The average Bonchev–Trinajstić information content (AvgIpc) is 2.00. The molecular weight excluding hydrogens is 204 g/mol. The quantitative estimate of drug-likeness (QED) is 0.547. The van der Waals surface area contributed by atoms with Crippen LogP contribution >= 0.6 is 17.1 Å². The summed E-state index contributed by atoms with van der Waals surface area (Å²) in [6.45, 7) is 0. The van der Waals surface area contributed by atoms with E-state index < -0.39 is 19.6 Å². The van der Waals surface area contributed by atoms with Crippen molar-refractivity contribution in [3.63, 3.8) is 0 Å². The van der Waals surface area contributed by atoms with Crippen LogP contribution in [0.3, 0.4) is 0 Å². The summed E-state index contributed by atoms with van der Waals surface area (Å²) >= 11 is 0. The molecule has 4 N–H and O–H groups in total. The number of aliphatic carboxylic acids is 1. The second kappa shape index (κ2) is 4.90. The van der Waals surface area contributed by atoms with E-state index in [2.05, 4.69) is 4.31 Å². The molecule has 0 bridgehead atoms. The maximum atomic E-state index is 10.8. The lowest BCUT2D eigenvalue weighted by molar-refractivity contribution is -0.138. The van der Waals surface area contributed by atoms with Gasteiger partial charge in [-0.1, -0.05) is 0 Å². The van der Waals surface area contributed by atoms with E-state index >= 15 is 0 Å². The summed E-state index contributed by atoms with van der Waals surface area (Å²) in [6.07, 6.45) is -0.346. The highest BCUT2D eigenvalue weighted by Gasteiger charge is 2.21. The van der Waals surface area contributed by atoms with Crippen LogP contribution in [0.25, 0.3) is 0 Å². The van der Waals surface area contributed by atoms with Crippen molar-refractivity contribution in [2.45, 2.75) is 12.5 Å². The fourth-order valence-electron chi connectivity index (χ4n) is 0.478. The smallest absolute Gasteiger partial charge is 0.330 e. The first-order valence-corrected chi connectivity index (χ1v) is 5.31. The van der Waals surface area contributed by atoms with E-state index in [1.807, 2.05) is 0 Å². The van der Waals surface area contributed by atoms with E-state index in [0.717, 1.165) is 0 Å². The Balaban J connectivity index is 3.83. The Morgan fingerprint density at radius 1 is 1.75 bits per heavy atom. The van der Waals surface area contributed by atoms with Gasteiger partial charge in [0.25, 0.3) is 0 Å². The highest BCUT2D eigenvalue weighted by atomic mass is 31.2. The molecule has 0 saturated heterocycles. The molecule has 0 aliphatic heterocycles. The highest BCUT2D eigenvalue weighted by Crippen LogP contribution is 2.44. The van der Waals surface area contributed by atoms with Crippen molar-refractivity contribution in [2.75, 3.05) is 6.16 Å². The van der Waals surface area contributed by atoms with Gasteiger partial charge < -0.3 is 15.7 Å². The van der Waals surface area contributed by atoms with Crippen molar-refractivity contribution >= 4 is 23.0 Å². The van der Waals surface area contributed by atoms with E-state index in [4.69, 9.17) is 15.7 Å². The maximum Gasteiger partial charge on any atom is 0.330 e. The standard InChI is InChI=1S/C4H11NO5P2/c5-3(4(6)7)1-2-12(8,9)10-11/h3H,1-2,5,11H2,(H,6,7)(H,8,9)/t3-/m0/s1. The van der Waals surface area contributed by atoms with Gasteiger partial charge in [0.1, 0.15) is 6.04 Å². The molecule has 0 fully saturated rings. The molecule has 72 valence electrons. The second-order valence-electron chi connectivity index (χ2n) is 2.20. The molecule has 6 nitrogen and oxygen atoms in total. The summed E-state index contributed by atoms with van der Waals surface area (Å²) in [4.78, 5) is 19.0. The molecule has 0 saturated carbocycles. The van der Waals surface area contributed by atoms with Crippen LogP contribution in [0.2, 0.25) is 0 Å². The van der Waals surface area contributed by atoms with E-state index in [9.17, 15) is 9.36 Å². The molecule has 2 unspecified atom stereocenters. The molecule has 0 amide bonds. The number of hydrogen-bond acceptors (Lipinski definition) is 4. The van der Waals surface area contributed by atoms with Gasteiger partial charge in [0.05, 0.1) is 6.16 Å². The first kappa shape index (κ1) is 12.0. The maximum absolute atomic E-state index is 10.8. The lowest BCUT2D eigenvalue weighted by Gasteiger charge is -2.09. The summed E-state index contributed by atoms with van der Waals surface area (Å²) < 4.78 is 14.9. The fraction of sp³-hybridized carbons (Fsp3) is 0.750. The van der Waals surface area contributed by atoms with Crippen molar-refractivity contribution in [3.8, 4) is 0 Å². The SMILES string of the molecule is N[C@@H](CCP(=O)(O)OP)C(=O)O. The lowest BCUT2D eigenvalue weighted by Crippen LogP contribution is -2.30. The molecule has 0 radical (unpaired) electrons. The molecule has 0 aliphatic carbocycles. The van der Waals surface area contributed by atoms with Gasteiger partial charge in [-0.3, -0.25) is 13.7 Å². The average molecular weight is 215 g/mol. The Bertz CT molecular complexity index is 208.